The highest BCUT2D eigenvalue weighted by Crippen LogP contribution is 2.25. The van der Waals surface area contributed by atoms with Crippen molar-refractivity contribution in [3.05, 3.63) is 0 Å². The van der Waals surface area contributed by atoms with Crippen LogP contribution in [0, 0.1) is 5.92 Å². The van der Waals surface area contributed by atoms with Gasteiger partial charge in [-0.2, -0.15) is 0 Å². The Labute approximate surface area is 77.1 Å². The lowest BCUT2D eigenvalue weighted by Crippen LogP contribution is -2.42. The largest absolute Gasteiger partial charge is 0.301 e. The highest BCUT2D eigenvalue weighted by atomic mass is 15.2. The zero-order valence-electron chi connectivity index (χ0n) is 9.01. The molecule has 2 atom stereocenters. The fraction of sp³-hybridized carbons (Fsp3) is 1.00. The molecule has 1 nitrogen and oxygen atoms in total. The summed E-state index contributed by atoms with van der Waals surface area (Å²) in [6.07, 6.45) is 5.62. The van der Waals surface area contributed by atoms with Crippen LogP contribution in [0.1, 0.15) is 46.5 Å². The highest BCUT2D eigenvalue weighted by molar-refractivity contribution is 4.80. The summed E-state index contributed by atoms with van der Waals surface area (Å²) in [5, 5.41) is 0. The van der Waals surface area contributed by atoms with Crippen LogP contribution in [0.25, 0.3) is 0 Å². The van der Waals surface area contributed by atoms with Crippen LogP contribution in [0.5, 0.6) is 0 Å². The molecule has 2 unspecified atom stereocenters. The van der Waals surface area contributed by atoms with Crippen molar-refractivity contribution in [2.45, 2.75) is 58.5 Å². The van der Waals surface area contributed by atoms with Crippen molar-refractivity contribution in [3.63, 3.8) is 0 Å². The maximum absolute atomic E-state index is 2.57. The van der Waals surface area contributed by atoms with E-state index in [1.165, 1.54) is 25.7 Å². The first-order valence-corrected chi connectivity index (χ1v) is 5.33. The van der Waals surface area contributed by atoms with Crippen LogP contribution in [-0.4, -0.2) is 24.0 Å². The Morgan fingerprint density at radius 1 is 1.33 bits per heavy atom. The first-order chi connectivity index (χ1) is 5.61. The highest BCUT2D eigenvalue weighted by Gasteiger charge is 2.24. The molecule has 0 aliphatic carbocycles. The van der Waals surface area contributed by atoms with Gasteiger partial charge in [0, 0.05) is 12.1 Å². The Hall–Kier alpha value is -0.0400. The molecule has 72 valence electrons. The molecule has 1 aliphatic rings. The number of piperidine rings is 1. The number of likely N-dealkylation sites (tertiary alicyclic amines) is 1. The molecule has 12 heavy (non-hydrogen) atoms. The van der Waals surface area contributed by atoms with Crippen LogP contribution in [0.4, 0.5) is 0 Å². The molecule has 1 rings (SSSR count). The molecule has 0 amide bonds. The van der Waals surface area contributed by atoms with E-state index in [1.54, 1.807) is 0 Å². The summed E-state index contributed by atoms with van der Waals surface area (Å²) in [6.45, 7) is 7.01. The van der Waals surface area contributed by atoms with Crippen molar-refractivity contribution in [2.75, 3.05) is 7.05 Å². The van der Waals surface area contributed by atoms with Crippen molar-refractivity contribution in [3.8, 4) is 0 Å². The second-order valence-corrected chi connectivity index (χ2v) is 4.73. The zero-order chi connectivity index (χ0) is 9.14. The molecule has 1 saturated heterocycles. The maximum atomic E-state index is 2.57. The van der Waals surface area contributed by atoms with Crippen LogP contribution < -0.4 is 0 Å². The third kappa shape index (κ3) is 2.48. The molecule has 0 bridgehead atoms. The van der Waals surface area contributed by atoms with Gasteiger partial charge in [-0.15, -0.1) is 0 Å². The smallest absolute Gasteiger partial charge is 0.00974 e. The lowest BCUT2D eigenvalue weighted by atomic mass is 9.91. The minimum absolute atomic E-state index is 0.808. The third-order valence-electron chi connectivity index (χ3n) is 3.17. The van der Waals surface area contributed by atoms with Gasteiger partial charge in [0.25, 0.3) is 0 Å². The van der Waals surface area contributed by atoms with Crippen molar-refractivity contribution >= 4 is 0 Å². The summed E-state index contributed by atoms with van der Waals surface area (Å²) in [6, 6.07) is 1.66. The topological polar surface area (TPSA) is 3.24 Å². The van der Waals surface area contributed by atoms with Crippen LogP contribution in [0.3, 0.4) is 0 Å². The SMILES string of the molecule is CC(C)CC1CCCC(C)N1C. The fourth-order valence-corrected chi connectivity index (χ4v) is 2.24. The Morgan fingerprint density at radius 3 is 2.58 bits per heavy atom. The molecule has 1 heterocycles. The summed E-state index contributed by atoms with van der Waals surface area (Å²) in [4.78, 5) is 2.57. The number of rotatable bonds is 2. The quantitative estimate of drug-likeness (QED) is 0.614. The predicted molar refractivity (Wildman–Crippen MR) is 54.3 cm³/mol. The van der Waals surface area contributed by atoms with Gasteiger partial charge in [0.2, 0.25) is 0 Å². The van der Waals surface area contributed by atoms with Crippen molar-refractivity contribution < 1.29 is 0 Å². The van der Waals surface area contributed by atoms with E-state index < -0.39 is 0 Å². The summed E-state index contributed by atoms with van der Waals surface area (Å²) in [7, 11) is 2.29. The second kappa shape index (κ2) is 4.27. The molecule has 0 spiro atoms. The molecular weight excluding hydrogens is 146 g/mol. The molecule has 0 radical (unpaired) electrons. The van der Waals surface area contributed by atoms with E-state index in [2.05, 4.69) is 32.7 Å². The summed E-state index contributed by atoms with van der Waals surface area (Å²) in [5.74, 6) is 0.850. The van der Waals surface area contributed by atoms with Gasteiger partial charge in [-0.1, -0.05) is 20.3 Å². The van der Waals surface area contributed by atoms with E-state index >= 15 is 0 Å². The van der Waals surface area contributed by atoms with Gasteiger partial charge in [0.15, 0.2) is 0 Å². The molecule has 0 N–H and O–H groups in total. The van der Waals surface area contributed by atoms with E-state index in [0.717, 1.165) is 18.0 Å². The number of nitrogens with zero attached hydrogens (tertiary/aromatic N) is 1. The van der Waals surface area contributed by atoms with Crippen LogP contribution >= 0.6 is 0 Å². The first-order valence-electron chi connectivity index (χ1n) is 5.33. The Balaban J connectivity index is 2.41. The molecular formula is C11H23N. The molecule has 1 aliphatic heterocycles. The van der Waals surface area contributed by atoms with Crippen LogP contribution in [-0.2, 0) is 0 Å². The lowest BCUT2D eigenvalue weighted by molar-refractivity contribution is 0.110. The van der Waals surface area contributed by atoms with E-state index in [4.69, 9.17) is 0 Å². The maximum Gasteiger partial charge on any atom is 0.00974 e. The van der Waals surface area contributed by atoms with Crippen molar-refractivity contribution in [1.29, 1.82) is 0 Å². The van der Waals surface area contributed by atoms with Gasteiger partial charge in [0.1, 0.15) is 0 Å². The minimum Gasteiger partial charge on any atom is -0.301 e. The predicted octanol–water partition coefficient (Wildman–Crippen LogP) is 2.91. The van der Waals surface area contributed by atoms with Crippen LogP contribution in [0.2, 0.25) is 0 Å². The molecule has 1 heteroatoms. The average Bonchev–Trinajstić information content (AvgIpc) is 1.98. The second-order valence-electron chi connectivity index (χ2n) is 4.73. The Bertz CT molecular complexity index is 131. The van der Waals surface area contributed by atoms with Crippen LogP contribution in [0.15, 0.2) is 0 Å². The van der Waals surface area contributed by atoms with Gasteiger partial charge >= 0.3 is 0 Å². The van der Waals surface area contributed by atoms with Gasteiger partial charge in [0.05, 0.1) is 0 Å². The standard InChI is InChI=1S/C11H23N/c1-9(2)8-11-7-5-6-10(3)12(11)4/h9-11H,5-8H2,1-4H3. The normalized spacial score (nSPS) is 32.8. The Kier molecular flexibility index (Phi) is 3.57. The van der Waals surface area contributed by atoms with Crippen molar-refractivity contribution in [2.24, 2.45) is 5.92 Å². The number of hydrogen-bond acceptors (Lipinski definition) is 1. The van der Waals surface area contributed by atoms with E-state index in [1.807, 2.05) is 0 Å². The van der Waals surface area contributed by atoms with Crippen molar-refractivity contribution in [1.82, 2.24) is 4.90 Å². The van der Waals surface area contributed by atoms with Gasteiger partial charge in [-0.25, -0.2) is 0 Å². The molecule has 0 aromatic rings. The summed E-state index contributed by atoms with van der Waals surface area (Å²) in [5.41, 5.74) is 0. The van der Waals surface area contributed by atoms with Gasteiger partial charge in [-0.3, -0.25) is 0 Å². The lowest BCUT2D eigenvalue weighted by Gasteiger charge is -2.38. The van der Waals surface area contributed by atoms with E-state index in [0.29, 0.717) is 0 Å². The fourth-order valence-electron chi connectivity index (χ4n) is 2.24. The minimum atomic E-state index is 0.808. The van der Waals surface area contributed by atoms with Gasteiger partial charge in [-0.05, 0) is 39.2 Å². The molecule has 0 aromatic heterocycles. The summed E-state index contributed by atoms with van der Waals surface area (Å²) >= 11 is 0. The number of hydrogen-bond donors (Lipinski definition) is 0. The molecule has 1 fully saturated rings. The Morgan fingerprint density at radius 2 is 2.00 bits per heavy atom. The monoisotopic (exact) mass is 169 g/mol. The molecule has 0 aromatic carbocycles. The third-order valence-corrected chi connectivity index (χ3v) is 3.17. The van der Waals surface area contributed by atoms with E-state index in [9.17, 15) is 0 Å². The molecule has 0 saturated carbocycles. The summed E-state index contributed by atoms with van der Waals surface area (Å²) < 4.78 is 0. The first kappa shape index (κ1) is 10.0. The average molecular weight is 169 g/mol. The van der Waals surface area contributed by atoms with E-state index in [-0.39, 0.29) is 0 Å². The van der Waals surface area contributed by atoms with Gasteiger partial charge < -0.3 is 4.90 Å². The zero-order valence-corrected chi connectivity index (χ0v) is 9.01.